The number of carbonyl (C=O) groups is 1. The Labute approximate surface area is 102 Å². The molecule has 5 atom stereocenters. The quantitative estimate of drug-likeness (QED) is 0.419. The average Bonchev–Trinajstić information content (AvgIpc) is 2.73. The Bertz CT molecular complexity index is 366. The number of allylic oxidation sites excluding steroid dienone is 2. The Hall–Kier alpha value is -0.830. The summed E-state index contributed by atoms with van der Waals surface area (Å²) in [5.41, 5.74) is -0.415. The van der Waals surface area contributed by atoms with Crippen molar-refractivity contribution in [3.8, 4) is 0 Å². The Morgan fingerprint density at radius 2 is 2.06 bits per heavy atom. The minimum absolute atomic E-state index is 0.116. The van der Waals surface area contributed by atoms with Crippen LogP contribution in [0.5, 0.6) is 0 Å². The molecule has 0 aromatic carbocycles. The van der Waals surface area contributed by atoms with Crippen LogP contribution in [0.3, 0.4) is 0 Å². The highest BCUT2D eigenvalue weighted by Crippen LogP contribution is 2.50. The molecule has 0 radical (unpaired) electrons. The predicted octanol–water partition coefficient (Wildman–Crippen LogP) is 2.31. The van der Waals surface area contributed by atoms with Gasteiger partial charge in [-0.1, -0.05) is 12.2 Å². The van der Waals surface area contributed by atoms with E-state index in [1.165, 1.54) is 12.8 Å². The molecule has 1 aliphatic heterocycles. The van der Waals surface area contributed by atoms with Gasteiger partial charge in [0.1, 0.15) is 5.60 Å². The normalized spacial score (nSPS) is 42.9. The fourth-order valence-electron chi connectivity index (χ4n) is 3.20. The van der Waals surface area contributed by atoms with Gasteiger partial charge in [0.25, 0.3) is 0 Å². The third kappa shape index (κ3) is 2.13. The smallest absolute Gasteiger partial charge is 0.338 e. The molecular weight excluding hydrogens is 216 g/mol. The van der Waals surface area contributed by atoms with E-state index in [0.29, 0.717) is 11.8 Å². The number of hydrogen-bond acceptors (Lipinski definition) is 3. The zero-order valence-electron chi connectivity index (χ0n) is 10.7. The molecule has 3 unspecified atom stereocenters. The third-order valence-corrected chi connectivity index (χ3v) is 3.92. The monoisotopic (exact) mass is 236 g/mol. The first-order valence-corrected chi connectivity index (χ1v) is 6.51. The van der Waals surface area contributed by atoms with Gasteiger partial charge in [0.05, 0.1) is 6.10 Å². The summed E-state index contributed by atoms with van der Waals surface area (Å²) in [5, 5.41) is 0. The topological polar surface area (TPSA) is 38.8 Å². The molecule has 0 aromatic rings. The maximum Gasteiger partial charge on any atom is 0.338 e. The molecule has 1 saturated carbocycles. The van der Waals surface area contributed by atoms with Crippen molar-refractivity contribution >= 4 is 5.97 Å². The maximum absolute atomic E-state index is 11.8. The van der Waals surface area contributed by atoms with Crippen LogP contribution < -0.4 is 0 Å². The summed E-state index contributed by atoms with van der Waals surface area (Å²) in [7, 11) is 0. The van der Waals surface area contributed by atoms with Crippen LogP contribution in [-0.2, 0) is 14.3 Å². The maximum atomic E-state index is 11.8. The van der Waals surface area contributed by atoms with Crippen molar-refractivity contribution in [2.75, 3.05) is 0 Å². The highest BCUT2D eigenvalue weighted by Gasteiger charge is 2.56. The highest BCUT2D eigenvalue weighted by molar-refractivity contribution is 5.78. The SMILES string of the molecule is CC(C)(C)OC(=O)C1OC1C1C[C@@H]2C=C[C@H]1C2. The molecule has 1 heterocycles. The summed E-state index contributed by atoms with van der Waals surface area (Å²) >= 11 is 0. The van der Waals surface area contributed by atoms with Crippen molar-refractivity contribution in [1.29, 1.82) is 0 Å². The zero-order chi connectivity index (χ0) is 12.2. The van der Waals surface area contributed by atoms with Gasteiger partial charge in [0, 0.05) is 0 Å². The lowest BCUT2D eigenvalue weighted by Gasteiger charge is -2.19. The largest absolute Gasteiger partial charge is 0.458 e. The summed E-state index contributed by atoms with van der Waals surface area (Å²) in [4.78, 5) is 11.8. The van der Waals surface area contributed by atoms with E-state index in [-0.39, 0.29) is 18.2 Å². The van der Waals surface area contributed by atoms with Crippen LogP contribution in [0, 0.1) is 17.8 Å². The first-order valence-electron chi connectivity index (χ1n) is 6.51. The first-order chi connectivity index (χ1) is 7.94. The van der Waals surface area contributed by atoms with E-state index in [1.54, 1.807) is 0 Å². The molecule has 0 spiro atoms. The van der Waals surface area contributed by atoms with E-state index in [4.69, 9.17) is 9.47 Å². The van der Waals surface area contributed by atoms with Gasteiger partial charge in [-0.25, -0.2) is 4.79 Å². The lowest BCUT2D eigenvalue weighted by molar-refractivity contribution is -0.156. The van der Waals surface area contributed by atoms with Gasteiger partial charge in [0.15, 0.2) is 6.10 Å². The van der Waals surface area contributed by atoms with Gasteiger partial charge in [0.2, 0.25) is 0 Å². The molecular formula is C14H20O3. The van der Waals surface area contributed by atoms with Crippen LogP contribution in [-0.4, -0.2) is 23.8 Å². The van der Waals surface area contributed by atoms with Crippen molar-refractivity contribution in [2.24, 2.45) is 17.8 Å². The first kappa shape index (κ1) is 11.3. The molecule has 17 heavy (non-hydrogen) atoms. The third-order valence-electron chi connectivity index (χ3n) is 3.92. The molecule has 3 heteroatoms. The molecule has 2 bridgehead atoms. The summed E-state index contributed by atoms with van der Waals surface area (Å²) < 4.78 is 10.9. The number of fused-ring (bicyclic) bond motifs is 2. The summed E-state index contributed by atoms with van der Waals surface area (Å²) in [5.74, 6) is 1.72. The summed E-state index contributed by atoms with van der Waals surface area (Å²) in [6.07, 6.45) is 6.87. The summed E-state index contributed by atoms with van der Waals surface area (Å²) in [6.45, 7) is 5.67. The molecule has 0 amide bonds. The summed E-state index contributed by atoms with van der Waals surface area (Å²) in [6, 6.07) is 0. The lowest BCUT2D eigenvalue weighted by atomic mass is 9.89. The molecule has 94 valence electrons. The van der Waals surface area contributed by atoms with E-state index in [0.717, 1.165) is 5.92 Å². The van der Waals surface area contributed by atoms with Crippen molar-refractivity contribution < 1.29 is 14.3 Å². The van der Waals surface area contributed by atoms with Crippen molar-refractivity contribution in [1.82, 2.24) is 0 Å². The second-order valence-electron chi connectivity index (χ2n) is 6.50. The Kier molecular flexibility index (Phi) is 2.37. The predicted molar refractivity (Wildman–Crippen MR) is 63.4 cm³/mol. The standard InChI is InChI=1S/C14H20O3/c1-14(2,3)17-13(15)12-11(16-12)10-7-8-4-5-9(10)6-8/h4-5,8-12H,6-7H2,1-3H3/t8-,9+,10?,11?,12?/m1/s1. The van der Waals surface area contributed by atoms with Crippen LogP contribution in [0.2, 0.25) is 0 Å². The van der Waals surface area contributed by atoms with Gasteiger partial charge < -0.3 is 9.47 Å². The molecule has 0 aromatic heterocycles. The molecule has 2 aliphatic carbocycles. The van der Waals surface area contributed by atoms with E-state index >= 15 is 0 Å². The Balaban J connectivity index is 1.56. The van der Waals surface area contributed by atoms with Gasteiger partial charge >= 0.3 is 5.97 Å². The lowest BCUT2D eigenvalue weighted by Crippen LogP contribution is -2.29. The number of epoxide rings is 1. The molecule has 3 aliphatic rings. The Morgan fingerprint density at radius 3 is 2.59 bits per heavy atom. The molecule has 0 N–H and O–H groups in total. The van der Waals surface area contributed by atoms with Crippen LogP contribution in [0.15, 0.2) is 12.2 Å². The van der Waals surface area contributed by atoms with Crippen molar-refractivity contribution in [3.05, 3.63) is 12.2 Å². The van der Waals surface area contributed by atoms with Crippen LogP contribution in [0.1, 0.15) is 33.6 Å². The number of esters is 1. The van der Waals surface area contributed by atoms with Crippen molar-refractivity contribution in [2.45, 2.75) is 51.4 Å². The van der Waals surface area contributed by atoms with E-state index in [9.17, 15) is 4.79 Å². The zero-order valence-corrected chi connectivity index (χ0v) is 10.7. The Morgan fingerprint density at radius 1 is 1.29 bits per heavy atom. The van der Waals surface area contributed by atoms with Crippen LogP contribution in [0.25, 0.3) is 0 Å². The minimum Gasteiger partial charge on any atom is -0.458 e. The average molecular weight is 236 g/mol. The van der Waals surface area contributed by atoms with Crippen LogP contribution >= 0.6 is 0 Å². The molecule has 2 fully saturated rings. The van der Waals surface area contributed by atoms with Gasteiger partial charge in [-0.2, -0.15) is 0 Å². The number of rotatable bonds is 2. The van der Waals surface area contributed by atoms with Crippen LogP contribution in [0.4, 0.5) is 0 Å². The van der Waals surface area contributed by atoms with E-state index < -0.39 is 5.60 Å². The second-order valence-corrected chi connectivity index (χ2v) is 6.50. The molecule has 3 nitrogen and oxygen atoms in total. The molecule has 1 saturated heterocycles. The minimum atomic E-state index is -0.415. The highest BCUT2D eigenvalue weighted by atomic mass is 16.6. The number of carbonyl (C=O) groups excluding carboxylic acids is 1. The van der Waals surface area contributed by atoms with E-state index in [1.807, 2.05) is 20.8 Å². The van der Waals surface area contributed by atoms with E-state index in [2.05, 4.69) is 12.2 Å². The van der Waals surface area contributed by atoms with Gasteiger partial charge in [-0.15, -0.1) is 0 Å². The second kappa shape index (κ2) is 3.58. The molecule has 3 rings (SSSR count). The number of hydrogen-bond donors (Lipinski definition) is 0. The number of ether oxygens (including phenoxy) is 2. The fraction of sp³-hybridized carbons (Fsp3) is 0.786. The van der Waals surface area contributed by atoms with Gasteiger partial charge in [-0.05, 0) is 51.4 Å². The fourth-order valence-corrected chi connectivity index (χ4v) is 3.20. The van der Waals surface area contributed by atoms with Gasteiger partial charge in [-0.3, -0.25) is 0 Å². The van der Waals surface area contributed by atoms with Crippen molar-refractivity contribution in [3.63, 3.8) is 0 Å².